The van der Waals surface area contributed by atoms with Crippen LogP contribution in [0.3, 0.4) is 0 Å². The van der Waals surface area contributed by atoms with Crippen LogP contribution >= 0.6 is 0 Å². The summed E-state index contributed by atoms with van der Waals surface area (Å²) in [6.07, 6.45) is 72.9. The molecule has 1 unspecified atom stereocenters. The number of carbonyl (C=O) groups excluding carboxylic acids is 3. The smallest absolute Gasteiger partial charge is 0.306 e. The minimum atomic E-state index is -0.761. The molecule has 0 aromatic carbocycles. The SMILES string of the molecule is CCCCCCCCCCCCCCCCCCCCCCCCCCCCC(=O)OCC(COC(=O)CCCCCCCCCC)OC(=O)CCCCCCCCCCCCCCCCCCCCCCC. The van der Waals surface area contributed by atoms with Crippen LogP contribution in [0.2, 0.25) is 0 Å². The molecule has 1 atom stereocenters. The maximum Gasteiger partial charge on any atom is 0.306 e. The van der Waals surface area contributed by atoms with Gasteiger partial charge >= 0.3 is 17.9 Å². The first-order valence-corrected chi connectivity index (χ1v) is 33.5. The van der Waals surface area contributed by atoms with E-state index in [0.29, 0.717) is 19.3 Å². The Hall–Kier alpha value is -1.59. The van der Waals surface area contributed by atoms with E-state index in [0.717, 1.165) is 57.8 Å². The molecule has 6 nitrogen and oxygen atoms in total. The lowest BCUT2D eigenvalue weighted by Gasteiger charge is -2.18. The van der Waals surface area contributed by atoms with Crippen LogP contribution in [-0.2, 0) is 28.6 Å². The second-order valence-electron chi connectivity index (χ2n) is 23.1. The minimum absolute atomic E-state index is 0.0611. The molecule has 0 aliphatic rings. The first kappa shape index (κ1) is 71.4. The zero-order valence-electron chi connectivity index (χ0n) is 50.0. The fourth-order valence-corrected chi connectivity index (χ4v) is 10.6. The van der Waals surface area contributed by atoms with Crippen molar-refractivity contribution in [3.05, 3.63) is 0 Å². The summed E-state index contributed by atoms with van der Waals surface area (Å²) in [7, 11) is 0. The summed E-state index contributed by atoms with van der Waals surface area (Å²) in [6.45, 7) is 6.70. The molecule has 0 aromatic rings. The number of ether oxygens (including phenoxy) is 3. The Labute approximate surface area is 457 Å². The zero-order chi connectivity index (χ0) is 52.9. The predicted octanol–water partition coefficient (Wildman–Crippen LogP) is 22.7. The normalized spacial score (nSPS) is 11.9. The molecule has 6 heteroatoms. The summed E-state index contributed by atoms with van der Waals surface area (Å²) in [6, 6.07) is 0. The van der Waals surface area contributed by atoms with Crippen LogP contribution < -0.4 is 0 Å². The topological polar surface area (TPSA) is 78.9 Å². The fourth-order valence-electron chi connectivity index (χ4n) is 10.6. The van der Waals surface area contributed by atoms with E-state index in [2.05, 4.69) is 20.8 Å². The Bertz CT molecular complexity index is 1090. The van der Waals surface area contributed by atoms with E-state index in [1.54, 1.807) is 0 Å². The lowest BCUT2D eigenvalue weighted by atomic mass is 10.0. The number of rotatable bonds is 63. The average Bonchev–Trinajstić information content (AvgIpc) is 3.39. The van der Waals surface area contributed by atoms with Gasteiger partial charge in [-0.25, -0.2) is 0 Å². The molecule has 73 heavy (non-hydrogen) atoms. The van der Waals surface area contributed by atoms with Crippen molar-refractivity contribution in [1.82, 2.24) is 0 Å². The van der Waals surface area contributed by atoms with Crippen LogP contribution in [-0.4, -0.2) is 37.2 Å². The Balaban J connectivity index is 4.05. The van der Waals surface area contributed by atoms with Crippen LogP contribution in [0.5, 0.6) is 0 Å². The molecule has 0 aliphatic heterocycles. The van der Waals surface area contributed by atoms with Crippen molar-refractivity contribution in [2.75, 3.05) is 13.2 Å². The van der Waals surface area contributed by atoms with Crippen molar-refractivity contribution in [1.29, 1.82) is 0 Å². The third-order valence-electron chi connectivity index (χ3n) is 15.6. The third kappa shape index (κ3) is 61.1. The number of esters is 3. The molecule has 0 amide bonds. The molecule has 0 saturated heterocycles. The summed E-state index contributed by atoms with van der Waals surface area (Å²) in [5.74, 6) is -0.832. The minimum Gasteiger partial charge on any atom is -0.462 e. The first-order valence-electron chi connectivity index (χ1n) is 33.5. The molecule has 0 rings (SSSR count). The van der Waals surface area contributed by atoms with Gasteiger partial charge in [-0.2, -0.15) is 0 Å². The highest BCUT2D eigenvalue weighted by molar-refractivity contribution is 5.71. The predicted molar refractivity (Wildman–Crippen MR) is 317 cm³/mol. The van der Waals surface area contributed by atoms with Gasteiger partial charge in [0.1, 0.15) is 13.2 Å². The second-order valence-corrected chi connectivity index (χ2v) is 23.1. The zero-order valence-corrected chi connectivity index (χ0v) is 50.0. The van der Waals surface area contributed by atoms with E-state index >= 15 is 0 Å². The van der Waals surface area contributed by atoms with Crippen molar-refractivity contribution >= 4 is 17.9 Å². The first-order chi connectivity index (χ1) is 36.0. The molecule has 0 N–H and O–H groups in total. The van der Waals surface area contributed by atoms with Crippen molar-refractivity contribution in [2.45, 2.75) is 399 Å². The molecular weight excluding hydrogens is 901 g/mol. The summed E-state index contributed by atoms with van der Waals surface area (Å²) in [5.41, 5.74) is 0. The van der Waals surface area contributed by atoms with E-state index in [4.69, 9.17) is 14.2 Å². The molecule has 0 fully saturated rings. The average molecular weight is 1030 g/mol. The summed E-state index contributed by atoms with van der Waals surface area (Å²) >= 11 is 0. The number of hydrogen-bond donors (Lipinski definition) is 0. The Kier molecular flexibility index (Phi) is 61.6. The second kappa shape index (κ2) is 62.9. The van der Waals surface area contributed by atoms with Crippen LogP contribution in [0, 0.1) is 0 Å². The van der Waals surface area contributed by atoms with Crippen molar-refractivity contribution in [2.24, 2.45) is 0 Å². The lowest BCUT2D eigenvalue weighted by Crippen LogP contribution is -2.30. The van der Waals surface area contributed by atoms with Gasteiger partial charge in [0.2, 0.25) is 0 Å². The number of hydrogen-bond acceptors (Lipinski definition) is 6. The molecule has 0 heterocycles. The standard InChI is InChI=1S/C67H130O6/c1-4-7-10-13-16-19-21-23-25-27-29-31-32-33-34-35-37-38-40-42-44-46-48-51-54-57-60-66(69)72-63-64(62-71-65(68)59-56-53-50-18-15-12-9-6-3)73-67(70)61-58-55-52-49-47-45-43-41-39-36-30-28-26-24-22-20-17-14-11-8-5-2/h64H,4-63H2,1-3H3. The van der Waals surface area contributed by atoms with Gasteiger partial charge in [-0.15, -0.1) is 0 Å². The third-order valence-corrected chi connectivity index (χ3v) is 15.6. The lowest BCUT2D eigenvalue weighted by molar-refractivity contribution is -0.167. The van der Waals surface area contributed by atoms with Crippen molar-refractivity contribution in [3.8, 4) is 0 Å². The van der Waals surface area contributed by atoms with Gasteiger partial charge in [0, 0.05) is 19.3 Å². The number of unbranched alkanes of at least 4 members (excludes halogenated alkanes) is 52. The van der Waals surface area contributed by atoms with Gasteiger partial charge < -0.3 is 14.2 Å². The summed E-state index contributed by atoms with van der Waals surface area (Å²) in [4.78, 5) is 38.2. The molecule has 0 radical (unpaired) electrons. The van der Waals surface area contributed by atoms with Gasteiger partial charge in [-0.05, 0) is 19.3 Å². The maximum atomic E-state index is 12.9. The van der Waals surface area contributed by atoms with E-state index in [-0.39, 0.29) is 31.1 Å². The van der Waals surface area contributed by atoms with Crippen LogP contribution in [0.15, 0.2) is 0 Å². The van der Waals surface area contributed by atoms with Gasteiger partial charge in [0.05, 0.1) is 0 Å². The molecule has 434 valence electrons. The Morgan fingerprint density at radius 3 is 0.548 bits per heavy atom. The highest BCUT2D eigenvalue weighted by Gasteiger charge is 2.19. The highest BCUT2D eigenvalue weighted by Crippen LogP contribution is 2.19. The van der Waals surface area contributed by atoms with Gasteiger partial charge in [-0.1, -0.05) is 355 Å². The molecule has 0 bridgehead atoms. The van der Waals surface area contributed by atoms with Gasteiger partial charge in [0.25, 0.3) is 0 Å². The Morgan fingerprint density at radius 2 is 0.370 bits per heavy atom. The summed E-state index contributed by atoms with van der Waals surface area (Å²) in [5, 5.41) is 0. The van der Waals surface area contributed by atoms with E-state index in [9.17, 15) is 14.4 Å². The maximum absolute atomic E-state index is 12.9. The van der Waals surface area contributed by atoms with Crippen LogP contribution in [0.25, 0.3) is 0 Å². The van der Waals surface area contributed by atoms with Gasteiger partial charge in [0.15, 0.2) is 6.10 Å². The van der Waals surface area contributed by atoms with Crippen molar-refractivity contribution in [3.63, 3.8) is 0 Å². The molecule has 0 aliphatic carbocycles. The van der Waals surface area contributed by atoms with E-state index < -0.39 is 6.10 Å². The van der Waals surface area contributed by atoms with E-state index in [1.807, 2.05) is 0 Å². The molecule has 0 saturated carbocycles. The monoisotopic (exact) mass is 1030 g/mol. The largest absolute Gasteiger partial charge is 0.462 e. The van der Waals surface area contributed by atoms with Gasteiger partial charge in [-0.3, -0.25) is 14.4 Å². The molecule has 0 spiro atoms. The fraction of sp³-hybridized carbons (Fsp3) is 0.955. The highest BCUT2D eigenvalue weighted by atomic mass is 16.6. The number of carbonyl (C=O) groups is 3. The molecule has 0 aromatic heterocycles. The van der Waals surface area contributed by atoms with Crippen LogP contribution in [0.4, 0.5) is 0 Å². The van der Waals surface area contributed by atoms with Crippen LogP contribution in [0.1, 0.15) is 393 Å². The quantitative estimate of drug-likeness (QED) is 0.0343. The Morgan fingerprint density at radius 1 is 0.219 bits per heavy atom. The van der Waals surface area contributed by atoms with Crippen molar-refractivity contribution < 1.29 is 28.6 Å². The van der Waals surface area contributed by atoms with E-state index in [1.165, 1.54) is 295 Å². The summed E-state index contributed by atoms with van der Waals surface area (Å²) < 4.78 is 16.9. The molecular formula is C67H130O6.